The second kappa shape index (κ2) is 37.8. The Balaban J connectivity index is 0.000000652. The number of aromatic nitrogens is 6. The van der Waals surface area contributed by atoms with Gasteiger partial charge in [0.15, 0.2) is 29.5 Å². The second-order valence-corrected chi connectivity index (χ2v) is 29.9. The van der Waals surface area contributed by atoms with Crippen LogP contribution in [0.1, 0.15) is 46.3 Å². The second-order valence-electron chi connectivity index (χ2n) is 20.6. The molecule has 22 nitrogen and oxygen atoms in total. The number of carboxylic acid groups (broad SMARTS) is 1. The van der Waals surface area contributed by atoms with Gasteiger partial charge in [-0.25, -0.2) is 25.3 Å². The van der Waals surface area contributed by atoms with Crippen LogP contribution < -0.4 is 18.9 Å². The van der Waals surface area contributed by atoms with Crippen LogP contribution in [0.25, 0.3) is 63.0 Å². The third-order valence-corrected chi connectivity index (χ3v) is 19.2. The Kier molecular flexibility index (Phi) is 34.2. The largest absolute Gasteiger partial charge is 1.00 e. The van der Waals surface area contributed by atoms with Crippen molar-refractivity contribution in [1.29, 1.82) is 0 Å². The van der Waals surface area contributed by atoms with E-state index < -0.39 is 35.5 Å². The fraction of sp³-hybridized carbons (Fsp3) is 0.344. The van der Waals surface area contributed by atoms with Gasteiger partial charge in [-0.2, -0.15) is 15.3 Å². The molecule has 6 aromatic heterocycles. The summed E-state index contributed by atoms with van der Waals surface area (Å²) in [6.07, 6.45) is 3.58. The zero-order valence-corrected chi connectivity index (χ0v) is 57.0. The normalized spacial score (nSPS) is 10.9. The number of thiophene rings is 3. The maximum absolute atomic E-state index is 12.2. The van der Waals surface area contributed by atoms with Gasteiger partial charge in [-0.05, 0) is 164 Å². The quantitative estimate of drug-likeness (QED) is 0.0508. The van der Waals surface area contributed by atoms with Crippen LogP contribution in [-0.2, 0) is 73.0 Å². The fourth-order valence-corrected chi connectivity index (χ4v) is 13.4. The molecule has 0 bridgehead atoms. The fourth-order valence-electron chi connectivity index (χ4n) is 8.29. The van der Waals surface area contributed by atoms with E-state index in [2.05, 4.69) is 15.3 Å². The van der Waals surface area contributed by atoms with Gasteiger partial charge in [-0.1, -0.05) is 58.7 Å². The Bertz CT molecular complexity index is 4220. The number of benzene rings is 3. The average molecular weight is 1390 g/mol. The van der Waals surface area contributed by atoms with E-state index in [0.717, 1.165) is 86.7 Å². The molecule has 9 rings (SSSR count). The van der Waals surface area contributed by atoms with Gasteiger partial charge in [0, 0.05) is 46.5 Å². The average Bonchev–Trinajstić information content (AvgIpc) is 2.19. The molecule has 93 heavy (non-hydrogen) atoms. The van der Waals surface area contributed by atoms with Crippen molar-refractivity contribution >= 4 is 81.4 Å². The summed E-state index contributed by atoms with van der Waals surface area (Å²) >= 11 is 4.50. The van der Waals surface area contributed by atoms with Gasteiger partial charge in [-0.3, -0.25) is 28.4 Å². The number of carbonyl (C=O) groups is 3. The van der Waals surface area contributed by atoms with Crippen LogP contribution in [-0.4, -0.2) is 178 Å². The maximum Gasteiger partial charge on any atom is 1.00 e. The number of nitrogens with zero attached hydrogens (tertiary/aromatic N) is 8. The Labute approximate surface area is 571 Å². The van der Waals surface area contributed by atoms with Gasteiger partial charge in [-0.15, -0.1) is 34.0 Å². The van der Waals surface area contributed by atoms with E-state index in [0.29, 0.717) is 19.8 Å². The summed E-state index contributed by atoms with van der Waals surface area (Å²) in [5, 5.41) is 30.2. The molecular weight excluding hydrogens is 1300 g/mol. The number of rotatable bonds is 21. The van der Waals surface area contributed by atoms with Crippen LogP contribution in [0.5, 0.6) is 0 Å². The van der Waals surface area contributed by atoms with Crippen molar-refractivity contribution in [3.05, 3.63) is 144 Å². The Morgan fingerprint density at radius 1 is 0.484 bits per heavy atom. The van der Waals surface area contributed by atoms with Crippen molar-refractivity contribution in [3.63, 3.8) is 0 Å². The van der Waals surface area contributed by atoms with Crippen molar-refractivity contribution in [3.8, 4) is 63.0 Å². The van der Waals surface area contributed by atoms with E-state index in [1.165, 1.54) is 57.5 Å². The number of likely N-dealkylation sites (N-methyl/N-ethyl adjacent to an activating group) is 2. The van der Waals surface area contributed by atoms with Gasteiger partial charge >= 0.3 is 36.8 Å². The van der Waals surface area contributed by atoms with Crippen molar-refractivity contribution in [2.75, 3.05) is 79.9 Å². The molecule has 0 unspecified atom stereocenters. The first-order chi connectivity index (χ1) is 41.4. The van der Waals surface area contributed by atoms with Gasteiger partial charge in [0.25, 0.3) is 0 Å². The number of aliphatic hydroxyl groups is 1. The SMILES string of the molecule is C.C.C.CCOC(=O)Cn1nc(C)cc1-c1ccc(-c2cccc(S(C)(=O)=O)c2)s1.CN(C)CCO.Cc1cc(-c2ccc(-c3cccc(S(C)(=O)=O)c3)s2)n(CC(=O)O)n1.Cc1cc(-c2ccc(-c3cccc(S(C)(=O)=O)c3)s2)n(CC(=O)OCCN(C)C)n1.[Li+].[OH-]. The summed E-state index contributed by atoms with van der Waals surface area (Å²) in [7, 11) is -2.11. The third kappa shape index (κ3) is 25.4. The van der Waals surface area contributed by atoms with Crippen LogP contribution in [0.15, 0.2) is 142 Å². The molecule has 0 saturated heterocycles. The van der Waals surface area contributed by atoms with Crippen molar-refractivity contribution in [2.24, 2.45) is 0 Å². The number of sulfone groups is 3. The first-order valence-corrected chi connectivity index (χ1v) is 35.3. The molecule has 9 aromatic rings. The molecule has 3 aromatic carbocycles. The smallest absolute Gasteiger partial charge is 0.870 e. The molecule has 0 aliphatic rings. The minimum atomic E-state index is -3.27. The number of hydrogen-bond donors (Lipinski definition) is 2. The molecule has 0 atom stereocenters. The summed E-state index contributed by atoms with van der Waals surface area (Å²) < 4.78 is 85.8. The van der Waals surface area contributed by atoms with Gasteiger partial charge < -0.3 is 35.0 Å². The van der Waals surface area contributed by atoms with Crippen molar-refractivity contribution in [1.82, 2.24) is 39.1 Å². The topological polar surface area (TPSA) is 302 Å². The Morgan fingerprint density at radius 2 is 0.785 bits per heavy atom. The number of carbonyl (C=O) groups excluding carboxylic acids is 2. The molecule has 3 N–H and O–H groups in total. The first-order valence-electron chi connectivity index (χ1n) is 27.2. The number of aryl methyl sites for hydroxylation is 3. The molecular formula is C64H85LiN8O14S6. The van der Waals surface area contributed by atoms with E-state index in [4.69, 9.17) is 19.7 Å². The van der Waals surface area contributed by atoms with E-state index >= 15 is 0 Å². The van der Waals surface area contributed by atoms with E-state index in [-0.39, 0.29) is 99.5 Å². The van der Waals surface area contributed by atoms with Crippen LogP contribution >= 0.6 is 34.0 Å². The number of hydrogen-bond acceptors (Lipinski definition) is 21. The standard InChI is InChI=1S/C21H25N3O4S2.C19H20N2O4S2.C17H16N2O4S2.C4H11NO.3CH4.Li.H2O/c1-15-12-18(24(22-15)14-21(25)28-11-10-23(2)3)20-9-8-19(29-20)16-6-5-7-17(13-16)30(4,26)27;1-4-25-19(22)12-21-16(10-13(2)20-21)18-9-8-17(26-18)14-6-5-7-15(11-14)27(3,23)24;1-11-8-14(19(18-11)10-17(20)21)16-7-6-15(24-16)12-4-3-5-13(9-12)25(2,22)23;1-5(2)3-4-6;;;;;/h5-9,12-13H,10-11,14H2,1-4H3;5-11H,4,12H2,1-3H3;3-9H,10H2,1-2H3,(H,20,21);6H,3-4H2,1-2H3;3*1H4;;1H2/q;;;;;;;+1;/p-1. The molecule has 0 aliphatic heterocycles. The monoisotopic (exact) mass is 1390 g/mol. The third-order valence-electron chi connectivity index (χ3n) is 12.4. The minimum absolute atomic E-state index is 0. The molecule has 502 valence electrons. The van der Waals surface area contributed by atoms with E-state index in [1.54, 1.807) is 70.9 Å². The molecule has 6 heterocycles. The molecule has 0 saturated carbocycles. The Hall–Kier alpha value is -6.91. The number of esters is 2. The van der Waals surface area contributed by atoms with E-state index in [1.807, 2.05) is 132 Å². The van der Waals surface area contributed by atoms with Gasteiger partial charge in [0.1, 0.15) is 26.2 Å². The van der Waals surface area contributed by atoms with Gasteiger partial charge in [0.05, 0.1) is 76.7 Å². The van der Waals surface area contributed by atoms with Gasteiger partial charge in [0.2, 0.25) is 0 Å². The number of ether oxygens (including phenoxy) is 2. The molecule has 0 spiro atoms. The first kappa shape index (κ1) is 84.1. The summed E-state index contributed by atoms with van der Waals surface area (Å²) in [6, 6.07) is 37.8. The number of aliphatic carboxylic acids is 1. The molecule has 0 radical (unpaired) electrons. The molecule has 0 amide bonds. The predicted molar refractivity (Wildman–Crippen MR) is 368 cm³/mol. The number of aliphatic hydroxyl groups excluding tert-OH is 1. The maximum atomic E-state index is 12.2. The Morgan fingerprint density at radius 3 is 1.05 bits per heavy atom. The van der Waals surface area contributed by atoms with Crippen LogP contribution in [0.4, 0.5) is 0 Å². The van der Waals surface area contributed by atoms with Crippen molar-refractivity contribution in [2.45, 2.75) is 84.3 Å². The minimum Gasteiger partial charge on any atom is -0.870 e. The van der Waals surface area contributed by atoms with Crippen LogP contribution in [0.3, 0.4) is 0 Å². The summed E-state index contributed by atoms with van der Waals surface area (Å²) in [5.41, 5.74) is 7.22. The molecule has 0 fully saturated rings. The zero-order chi connectivity index (χ0) is 64.7. The van der Waals surface area contributed by atoms with Crippen molar-refractivity contribution < 1.29 is 83.7 Å². The molecule has 0 aliphatic carbocycles. The van der Waals surface area contributed by atoms with E-state index in [9.17, 15) is 39.6 Å². The molecule has 29 heteroatoms. The number of carboxylic acids is 1. The zero-order valence-electron chi connectivity index (χ0n) is 52.1. The van der Waals surface area contributed by atoms with Crippen LogP contribution in [0, 0.1) is 20.8 Å². The summed E-state index contributed by atoms with van der Waals surface area (Å²) in [5.74, 6) is -1.62. The summed E-state index contributed by atoms with van der Waals surface area (Å²) in [4.78, 5) is 45.3. The summed E-state index contributed by atoms with van der Waals surface area (Å²) in [6.45, 7) is 9.55. The predicted octanol–water partition coefficient (Wildman–Crippen LogP) is 8.00. The van der Waals surface area contributed by atoms with Crippen LogP contribution in [0.2, 0.25) is 0 Å².